The van der Waals surface area contributed by atoms with Crippen molar-refractivity contribution < 1.29 is 0 Å². The maximum Gasteiger partial charge on any atom is -0.0120 e. The first-order chi connectivity index (χ1) is 16.0. The molecule has 35 heavy (non-hydrogen) atoms. The van der Waals surface area contributed by atoms with Crippen LogP contribution in [0.1, 0.15) is 63.1 Å². The Morgan fingerprint density at radius 1 is 0.314 bits per heavy atom. The van der Waals surface area contributed by atoms with Crippen LogP contribution in [0, 0.1) is 69.2 Å². The monoisotopic (exact) mass is 464 g/mol. The van der Waals surface area contributed by atoms with E-state index in [-0.39, 0.29) is 7.43 Å². The Morgan fingerprint density at radius 3 is 0.829 bits per heavy atom. The normalized spacial score (nSPS) is 10.3. The van der Waals surface area contributed by atoms with Crippen LogP contribution in [0.4, 0.5) is 0 Å². The smallest absolute Gasteiger partial charge is 0.0120 e. The Balaban J connectivity index is 0.000000241. The molecule has 0 heteroatoms. The molecule has 0 spiro atoms. The van der Waals surface area contributed by atoms with Crippen LogP contribution in [-0.2, 0) is 0 Å². The minimum Gasteiger partial charge on any atom is -0.0776 e. The fourth-order valence-corrected chi connectivity index (χ4v) is 5.38. The van der Waals surface area contributed by atoms with Crippen LogP contribution in [0.5, 0.6) is 0 Å². The third-order valence-corrected chi connectivity index (χ3v) is 6.66. The van der Waals surface area contributed by atoms with E-state index in [1.54, 1.807) is 0 Å². The topological polar surface area (TPSA) is 0 Å². The summed E-state index contributed by atoms with van der Waals surface area (Å²) in [6.07, 6.45) is 0. The highest BCUT2D eigenvalue weighted by molar-refractivity contribution is 5.77. The van der Waals surface area contributed by atoms with E-state index in [0.29, 0.717) is 0 Å². The van der Waals surface area contributed by atoms with E-state index in [0.717, 1.165) is 0 Å². The average Bonchev–Trinajstić information content (AvgIpc) is 2.70. The molecule has 0 atom stereocenters. The highest BCUT2D eigenvalue weighted by atomic mass is 14.2. The average molecular weight is 465 g/mol. The summed E-state index contributed by atoms with van der Waals surface area (Å²) >= 11 is 0. The second-order valence-electron chi connectivity index (χ2n) is 10.2. The van der Waals surface area contributed by atoms with Gasteiger partial charge in [-0.3, -0.25) is 0 Å². The number of hydrogen-bond acceptors (Lipinski definition) is 0. The molecule has 0 heterocycles. The van der Waals surface area contributed by atoms with Crippen molar-refractivity contribution in [1.29, 1.82) is 0 Å². The standard InChI is InChI=1S/C18H22.C16H18.CH4/c1-11-7-13(3)17(14(4)8-11)18-15(5)9-12(2)10-16(18)6;1-11-5-7-15(13(3)9-11)16-8-6-12(2)10-14(16)4;/h7-10H,1-6H3;5-10H,1-4H3;1H4. The first kappa shape index (κ1) is 28.1. The van der Waals surface area contributed by atoms with Crippen molar-refractivity contribution in [3.05, 3.63) is 116 Å². The fourth-order valence-electron chi connectivity index (χ4n) is 5.38. The molecule has 0 aliphatic heterocycles. The van der Waals surface area contributed by atoms with Crippen molar-refractivity contribution in [1.82, 2.24) is 0 Å². The minimum absolute atomic E-state index is 0. The molecular formula is C35H44. The molecule has 0 aromatic heterocycles. The zero-order valence-corrected chi connectivity index (χ0v) is 22.8. The third kappa shape index (κ3) is 6.51. The minimum atomic E-state index is 0. The molecule has 0 aliphatic rings. The van der Waals surface area contributed by atoms with Gasteiger partial charge in [0.15, 0.2) is 0 Å². The molecule has 0 aliphatic carbocycles. The van der Waals surface area contributed by atoms with E-state index >= 15 is 0 Å². The summed E-state index contributed by atoms with van der Waals surface area (Å²) in [6, 6.07) is 22.4. The van der Waals surface area contributed by atoms with Gasteiger partial charge < -0.3 is 0 Å². The molecule has 0 unspecified atom stereocenters. The van der Waals surface area contributed by atoms with E-state index in [4.69, 9.17) is 0 Å². The second kappa shape index (κ2) is 11.5. The molecule has 0 amide bonds. The maximum atomic E-state index is 2.28. The molecule has 0 saturated carbocycles. The second-order valence-corrected chi connectivity index (χ2v) is 10.2. The first-order valence-electron chi connectivity index (χ1n) is 12.3. The van der Waals surface area contributed by atoms with Gasteiger partial charge in [-0.25, -0.2) is 0 Å². The van der Waals surface area contributed by atoms with Crippen molar-refractivity contribution in [3.8, 4) is 22.3 Å². The van der Waals surface area contributed by atoms with Gasteiger partial charge in [-0.1, -0.05) is 90.3 Å². The molecule has 0 N–H and O–H groups in total. The van der Waals surface area contributed by atoms with E-state index in [1.165, 1.54) is 77.9 Å². The van der Waals surface area contributed by atoms with Crippen LogP contribution >= 0.6 is 0 Å². The Hall–Kier alpha value is -3.12. The van der Waals surface area contributed by atoms with Gasteiger partial charge in [0.05, 0.1) is 0 Å². The lowest BCUT2D eigenvalue weighted by Gasteiger charge is -2.17. The molecule has 0 radical (unpaired) electrons. The van der Waals surface area contributed by atoms with Crippen molar-refractivity contribution in [2.24, 2.45) is 0 Å². The summed E-state index contributed by atoms with van der Waals surface area (Å²) in [5.74, 6) is 0. The van der Waals surface area contributed by atoms with Gasteiger partial charge in [0.2, 0.25) is 0 Å². The predicted octanol–water partition coefficient (Wildman–Crippen LogP) is 10.4. The molecule has 4 aromatic carbocycles. The Labute approximate surface area is 215 Å². The molecule has 0 saturated heterocycles. The summed E-state index contributed by atoms with van der Waals surface area (Å²) in [5, 5.41) is 0. The zero-order chi connectivity index (χ0) is 25.2. The van der Waals surface area contributed by atoms with Gasteiger partial charge in [-0.05, 0) is 125 Å². The molecular weight excluding hydrogens is 420 g/mol. The summed E-state index contributed by atoms with van der Waals surface area (Å²) in [6.45, 7) is 21.8. The van der Waals surface area contributed by atoms with E-state index in [1.807, 2.05) is 0 Å². The van der Waals surface area contributed by atoms with Gasteiger partial charge in [0, 0.05) is 0 Å². The van der Waals surface area contributed by atoms with E-state index in [2.05, 4.69) is 130 Å². The van der Waals surface area contributed by atoms with Gasteiger partial charge in [-0.2, -0.15) is 0 Å². The highest BCUT2D eigenvalue weighted by Crippen LogP contribution is 2.34. The Kier molecular flexibility index (Phi) is 9.27. The molecule has 4 rings (SSSR count). The molecule has 4 aromatic rings. The number of aryl methyl sites for hydroxylation is 10. The van der Waals surface area contributed by atoms with Gasteiger partial charge in [0.1, 0.15) is 0 Å². The lowest BCUT2D eigenvalue weighted by molar-refractivity contribution is 1.27. The molecule has 184 valence electrons. The van der Waals surface area contributed by atoms with Crippen molar-refractivity contribution in [3.63, 3.8) is 0 Å². The lowest BCUT2D eigenvalue weighted by Crippen LogP contribution is -1.96. The largest absolute Gasteiger partial charge is 0.0776 e. The third-order valence-electron chi connectivity index (χ3n) is 6.66. The summed E-state index contributed by atoms with van der Waals surface area (Å²) in [7, 11) is 0. The summed E-state index contributed by atoms with van der Waals surface area (Å²) in [4.78, 5) is 0. The van der Waals surface area contributed by atoms with Crippen LogP contribution in [0.3, 0.4) is 0 Å². The van der Waals surface area contributed by atoms with Crippen LogP contribution in [-0.4, -0.2) is 0 Å². The SMILES string of the molecule is C.Cc1cc(C)c(-c2c(C)cc(C)cc2C)c(C)c1.Cc1ccc(-c2ccc(C)cc2C)c(C)c1. The maximum absolute atomic E-state index is 2.28. The Morgan fingerprint density at radius 2 is 0.571 bits per heavy atom. The van der Waals surface area contributed by atoms with Gasteiger partial charge in [-0.15, -0.1) is 0 Å². The van der Waals surface area contributed by atoms with Crippen LogP contribution in [0.15, 0.2) is 60.7 Å². The van der Waals surface area contributed by atoms with Crippen molar-refractivity contribution in [2.45, 2.75) is 76.7 Å². The lowest BCUT2D eigenvalue weighted by atomic mass is 9.87. The van der Waals surface area contributed by atoms with Gasteiger partial charge >= 0.3 is 0 Å². The summed E-state index contributed by atoms with van der Waals surface area (Å²) < 4.78 is 0. The van der Waals surface area contributed by atoms with E-state index < -0.39 is 0 Å². The van der Waals surface area contributed by atoms with Gasteiger partial charge in [0.25, 0.3) is 0 Å². The van der Waals surface area contributed by atoms with Crippen LogP contribution in [0.25, 0.3) is 22.3 Å². The summed E-state index contributed by atoms with van der Waals surface area (Å²) in [5.41, 5.74) is 19.1. The zero-order valence-electron chi connectivity index (χ0n) is 22.8. The number of hydrogen-bond donors (Lipinski definition) is 0. The molecule has 0 fully saturated rings. The van der Waals surface area contributed by atoms with Crippen molar-refractivity contribution >= 4 is 0 Å². The number of rotatable bonds is 2. The molecule has 0 bridgehead atoms. The van der Waals surface area contributed by atoms with Crippen LogP contribution in [0.2, 0.25) is 0 Å². The van der Waals surface area contributed by atoms with E-state index in [9.17, 15) is 0 Å². The Bertz CT molecular complexity index is 1180. The fraction of sp³-hybridized carbons (Fsp3) is 0.314. The molecule has 0 nitrogen and oxygen atoms in total. The first-order valence-corrected chi connectivity index (χ1v) is 12.3. The van der Waals surface area contributed by atoms with Crippen LogP contribution < -0.4 is 0 Å². The number of benzene rings is 4. The highest BCUT2D eigenvalue weighted by Gasteiger charge is 2.12. The predicted molar refractivity (Wildman–Crippen MR) is 158 cm³/mol. The quantitative estimate of drug-likeness (QED) is 0.277. The van der Waals surface area contributed by atoms with Crippen molar-refractivity contribution in [2.75, 3.05) is 0 Å².